The van der Waals surface area contributed by atoms with E-state index in [2.05, 4.69) is 55.6 Å². The van der Waals surface area contributed by atoms with E-state index in [1.807, 2.05) is 60.1 Å². The van der Waals surface area contributed by atoms with E-state index in [1.54, 1.807) is 0 Å². The molecule has 2 heterocycles. The Kier molecular flexibility index (Phi) is 5.71. The van der Waals surface area contributed by atoms with Crippen molar-refractivity contribution in [1.82, 2.24) is 9.78 Å². The lowest BCUT2D eigenvalue weighted by molar-refractivity contribution is -0.118. The van der Waals surface area contributed by atoms with Crippen LogP contribution in [-0.4, -0.2) is 15.6 Å². The van der Waals surface area contributed by atoms with Crippen LogP contribution in [0.15, 0.2) is 96.2 Å². The van der Waals surface area contributed by atoms with Crippen LogP contribution in [-0.2, 0) is 11.4 Å². The van der Waals surface area contributed by atoms with Gasteiger partial charge in [-0.15, -0.1) is 0 Å². The maximum absolute atomic E-state index is 13.7. The second-order valence-electron chi connectivity index (χ2n) is 10.8. The predicted molar refractivity (Wildman–Crippen MR) is 146 cm³/mol. The van der Waals surface area contributed by atoms with Crippen molar-refractivity contribution in [2.45, 2.75) is 46.1 Å². The van der Waals surface area contributed by atoms with E-state index in [0.717, 1.165) is 57.3 Å². The van der Waals surface area contributed by atoms with Gasteiger partial charge in [-0.05, 0) is 54.2 Å². The van der Waals surface area contributed by atoms with Gasteiger partial charge in [-0.2, -0.15) is 5.10 Å². The second kappa shape index (κ2) is 9.07. The molecule has 0 saturated heterocycles. The normalized spacial score (nSPS) is 18.1. The summed E-state index contributed by atoms with van der Waals surface area (Å²) in [5, 5.41) is 8.60. The summed E-state index contributed by atoms with van der Waals surface area (Å²) >= 11 is 0. The van der Waals surface area contributed by atoms with Gasteiger partial charge in [-0.25, -0.2) is 4.68 Å². The van der Waals surface area contributed by atoms with Crippen LogP contribution < -0.4 is 10.1 Å². The summed E-state index contributed by atoms with van der Waals surface area (Å²) in [5.74, 6) is 1.73. The van der Waals surface area contributed by atoms with E-state index < -0.39 is 0 Å². The van der Waals surface area contributed by atoms with Crippen molar-refractivity contribution in [3.8, 4) is 11.4 Å². The SMILES string of the molecule is Cc1nn(-c2ccccc2)c2c1C(c1cccc(OCc3ccccc3)c1)C1=C(CC(C)(C)CC1=O)N2. The number of benzene rings is 3. The summed E-state index contributed by atoms with van der Waals surface area (Å²) in [6.45, 7) is 6.86. The Bertz CT molecular complexity index is 1500. The Morgan fingerprint density at radius 1 is 0.973 bits per heavy atom. The zero-order chi connectivity index (χ0) is 25.6. The minimum Gasteiger partial charge on any atom is -0.489 e. The number of ketones is 1. The standard InChI is InChI=1S/C32H31N3O2/c1-21-28-29(23-13-10-16-25(17-23)37-20-22-11-6-4-7-12-22)30-26(18-32(2,3)19-27(30)36)33-31(28)35(34-21)24-14-8-5-9-15-24/h4-17,29,33H,18-20H2,1-3H3. The summed E-state index contributed by atoms with van der Waals surface area (Å²) in [6, 6.07) is 28.5. The number of nitrogens with one attached hydrogen (secondary N) is 1. The summed E-state index contributed by atoms with van der Waals surface area (Å²) < 4.78 is 8.15. The summed E-state index contributed by atoms with van der Waals surface area (Å²) in [7, 11) is 0. The first kappa shape index (κ1) is 23.3. The molecular formula is C32H31N3O2. The Balaban J connectivity index is 1.46. The molecule has 2 aliphatic rings. The number of allylic oxidation sites excluding steroid dienone is 2. The molecular weight excluding hydrogens is 458 g/mol. The number of carbonyl (C=O) groups excluding carboxylic acids is 1. The van der Waals surface area contributed by atoms with Crippen molar-refractivity contribution in [1.29, 1.82) is 0 Å². The third kappa shape index (κ3) is 4.35. The average molecular weight is 490 g/mol. The first-order valence-electron chi connectivity index (χ1n) is 12.8. The molecule has 1 unspecified atom stereocenters. The highest BCUT2D eigenvalue weighted by Gasteiger charge is 2.43. The van der Waals surface area contributed by atoms with Gasteiger partial charge in [0, 0.05) is 29.2 Å². The third-order valence-corrected chi connectivity index (χ3v) is 7.31. The van der Waals surface area contributed by atoms with Crippen molar-refractivity contribution >= 4 is 11.6 Å². The zero-order valence-corrected chi connectivity index (χ0v) is 21.5. The predicted octanol–water partition coefficient (Wildman–Crippen LogP) is 6.96. The molecule has 5 nitrogen and oxygen atoms in total. The molecule has 0 saturated carbocycles. The molecule has 1 atom stereocenters. The van der Waals surface area contributed by atoms with Gasteiger partial charge < -0.3 is 10.1 Å². The topological polar surface area (TPSA) is 56.2 Å². The number of hydrogen-bond donors (Lipinski definition) is 1. The van der Waals surface area contributed by atoms with Gasteiger partial charge in [0.2, 0.25) is 0 Å². The van der Waals surface area contributed by atoms with Crippen molar-refractivity contribution in [2.24, 2.45) is 5.41 Å². The lowest BCUT2D eigenvalue weighted by Gasteiger charge is -2.38. The number of nitrogens with zero attached hydrogens (tertiary/aromatic N) is 2. The van der Waals surface area contributed by atoms with Crippen molar-refractivity contribution in [2.75, 3.05) is 5.32 Å². The fourth-order valence-corrected chi connectivity index (χ4v) is 5.69. The number of para-hydroxylation sites is 1. The summed E-state index contributed by atoms with van der Waals surface area (Å²) in [6.07, 6.45) is 1.35. The van der Waals surface area contributed by atoms with Gasteiger partial charge in [0.05, 0.1) is 11.4 Å². The molecule has 0 bridgehead atoms. The zero-order valence-electron chi connectivity index (χ0n) is 21.5. The van der Waals surface area contributed by atoms with Crippen molar-refractivity contribution < 1.29 is 9.53 Å². The molecule has 1 aliphatic heterocycles. The fraction of sp³-hybridized carbons (Fsp3) is 0.250. The number of carbonyl (C=O) groups is 1. The number of aryl methyl sites for hydroxylation is 1. The minimum absolute atomic E-state index is 0.0990. The Hall–Kier alpha value is -4.12. The third-order valence-electron chi connectivity index (χ3n) is 7.31. The molecule has 186 valence electrons. The van der Waals surface area contributed by atoms with Gasteiger partial charge in [-0.1, -0.05) is 74.5 Å². The number of Topliss-reactive ketones (excluding diaryl/α,β-unsaturated/α-hetero) is 1. The number of fused-ring (bicyclic) bond motifs is 1. The van der Waals surface area contributed by atoms with Crippen LogP contribution in [0.2, 0.25) is 0 Å². The molecule has 0 spiro atoms. The number of anilines is 1. The van der Waals surface area contributed by atoms with Gasteiger partial charge in [0.15, 0.2) is 5.78 Å². The lowest BCUT2D eigenvalue weighted by atomic mass is 9.69. The summed E-state index contributed by atoms with van der Waals surface area (Å²) in [5.41, 5.74) is 6.89. The van der Waals surface area contributed by atoms with Gasteiger partial charge >= 0.3 is 0 Å². The maximum Gasteiger partial charge on any atom is 0.162 e. The first-order chi connectivity index (χ1) is 17.9. The number of aromatic nitrogens is 2. The molecule has 6 rings (SSSR count). The fourth-order valence-electron chi connectivity index (χ4n) is 5.69. The van der Waals surface area contributed by atoms with Crippen LogP contribution in [0.4, 0.5) is 5.82 Å². The van der Waals surface area contributed by atoms with Crippen LogP contribution in [0.1, 0.15) is 55.0 Å². The lowest BCUT2D eigenvalue weighted by Crippen LogP contribution is -2.34. The molecule has 0 amide bonds. The highest BCUT2D eigenvalue weighted by molar-refractivity contribution is 6.01. The molecule has 5 heteroatoms. The molecule has 0 radical (unpaired) electrons. The van der Waals surface area contributed by atoms with Crippen LogP contribution in [0.25, 0.3) is 5.69 Å². The molecule has 37 heavy (non-hydrogen) atoms. The number of hydrogen-bond acceptors (Lipinski definition) is 4. The monoisotopic (exact) mass is 489 g/mol. The molecule has 1 aromatic heterocycles. The van der Waals surface area contributed by atoms with E-state index >= 15 is 0 Å². The maximum atomic E-state index is 13.7. The van der Waals surface area contributed by atoms with Gasteiger partial charge in [0.1, 0.15) is 18.2 Å². The van der Waals surface area contributed by atoms with Gasteiger partial charge in [0.25, 0.3) is 0 Å². The highest BCUT2D eigenvalue weighted by Crippen LogP contribution is 2.50. The minimum atomic E-state index is -0.201. The number of rotatable bonds is 5. The van der Waals surface area contributed by atoms with Crippen LogP contribution in [0, 0.1) is 12.3 Å². The van der Waals surface area contributed by atoms with E-state index in [1.165, 1.54) is 0 Å². The highest BCUT2D eigenvalue weighted by atomic mass is 16.5. The smallest absolute Gasteiger partial charge is 0.162 e. The van der Waals surface area contributed by atoms with E-state index in [0.29, 0.717) is 13.0 Å². The summed E-state index contributed by atoms with van der Waals surface area (Å²) in [4.78, 5) is 13.7. The molecule has 0 fully saturated rings. The van der Waals surface area contributed by atoms with Crippen LogP contribution >= 0.6 is 0 Å². The van der Waals surface area contributed by atoms with E-state index in [-0.39, 0.29) is 17.1 Å². The second-order valence-corrected chi connectivity index (χ2v) is 10.8. The quantitative estimate of drug-likeness (QED) is 0.329. The van der Waals surface area contributed by atoms with Crippen molar-refractivity contribution in [3.05, 3.63) is 119 Å². The molecule has 1 N–H and O–H groups in total. The average Bonchev–Trinajstić information content (AvgIpc) is 3.22. The van der Waals surface area contributed by atoms with E-state index in [9.17, 15) is 4.79 Å². The Labute approximate surface area is 217 Å². The number of ether oxygens (including phenoxy) is 1. The van der Waals surface area contributed by atoms with Crippen molar-refractivity contribution in [3.63, 3.8) is 0 Å². The first-order valence-corrected chi connectivity index (χ1v) is 12.8. The molecule has 1 aliphatic carbocycles. The Morgan fingerprint density at radius 3 is 2.46 bits per heavy atom. The molecule has 4 aromatic rings. The van der Waals surface area contributed by atoms with E-state index in [4.69, 9.17) is 9.84 Å². The van der Waals surface area contributed by atoms with Crippen LogP contribution in [0.3, 0.4) is 0 Å². The largest absolute Gasteiger partial charge is 0.489 e. The Morgan fingerprint density at radius 2 is 1.70 bits per heavy atom. The molecule has 3 aromatic carbocycles. The van der Waals surface area contributed by atoms with Gasteiger partial charge in [-0.3, -0.25) is 4.79 Å². The van der Waals surface area contributed by atoms with Crippen LogP contribution in [0.5, 0.6) is 5.75 Å².